The van der Waals surface area contributed by atoms with Crippen molar-refractivity contribution in [1.82, 2.24) is 10.6 Å². The summed E-state index contributed by atoms with van der Waals surface area (Å²) in [7, 11) is 0. The van der Waals surface area contributed by atoms with Crippen LogP contribution in [-0.2, 0) is 6.42 Å². The zero-order valence-electron chi connectivity index (χ0n) is 14.8. The van der Waals surface area contributed by atoms with Gasteiger partial charge >= 0.3 is 6.03 Å². The number of carbonyl (C=O) groups excluding carboxylic acids is 1. The summed E-state index contributed by atoms with van der Waals surface area (Å²) in [5.41, 5.74) is 2.98. The molecule has 1 aromatic carbocycles. The molecular formula is C21H30N2O. The highest BCUT2D eigenvalue weighted by Gasteiger charge is 2.50. The molecule has 1 aromatic rings. The zero-order chi connectivity index (χ0) is 16.6. The van der Waals surface area contributed by atoms with Gasteiger partial charge in [-0.25, -0.2) is 4.79 Å². The van der Waals surface area contributed by atoms with Crippen LogP contribution in [0.15, 0.2) is 24.3 Å². The summed E-state index contributed by atoms with van der Waals surface area (Å²) in [6.45, 7) is 3.68. The van der Waals surface area contributed by atoms with Gasteiger partial charge in [-0.3, -0.25) is 0 Å². The second-order valence-corrected chi connectivity index (χ2v) is 8.76. The molecule has 5 rings (SSSR count). The number of benzene rings is 1. The third-order valence-electron chi connectivity index (χ3n) is 6.61. The normalized spacial score (nSPS) is 33.5. The molecule has 4 aliphatic rings. The van der Waals surface area contributed by atoms with Gasteiger partial charge in [0, 0.05) is 13.1 Å². The Morgan fingerprint density at radius 1 is 1.00 bits per heavy atom. The fourth-order valence-electron chi connectivity index (χ4n) is 5.91. The van der Waals surface area contributed by atoms with Gasteiger partial charge in [-0.1, -0.05) is 29.8 Å². The predicted molar refractivity (Wildman–Crippen MR) is 96.9 cm³/mol. The van der Waals surface area contributed by atoms with E-state index in [2.05, 4.69) is 41.8 Å². The molecule has 0 spiro atoms. The standard InChI is InChI=1S/C21H30N2O/c1-15-2-4-16(5-3-15)6-7-22-20(24)23-14-21-11-17-8-18(12-21)10-19(9-17)13-21/h2-5,17-19H,6-14H2,1H3,(H2,22,23,24). The highest BCUT2D eigenvalue weighted by Crippen LogP contribution is 2.59. The minimum atomic E-state index is 0.0119. The Labute approximate surface area is 145 Å². The monoisotopic (exact) mass is 326 g/mol. The Morgan fingerprint density at radius 2 is 1.58 bits per heavy atom. The first-order valence-corrected chi connectivity index (χ1v) is 9.67. The highest BCUT2D eigenvalue weighted by molar-refractivity contribution is 5.73. The lowest BCUT2D eigenvalue weighted by atomic mass is 9.49. The van der Waals surface area contributed by atoms with Crippen LogP contribution >= 0.6 is 0 Å². The van der Waals surface area contributed by atoms with E-state index in [9.17, 15) is 4.79 Å². The van der Waals surface area contributed by atoms with Gasteiger partial charge in [-0.2, -0.15) is 0 Å². The summed E-state index contributed by atoms with van der Waals surface area (Å²) in [5.74, 6) is 2.84. The SMILES string of the molecule is Cc1ccc(CCNC(=O)NCC23CC4CC(CC(C4)C2)C3)cc1. The van der Waals surface area contributed by atoms with Crippen LogP contribution in [0.1, 0.15) is 49.7 Å². The maximum absolute atomic E-state index is 12.2. The van der Waals surface area contributed by atoms with Gasteiger partial charge in [-0.15, -0.1) is 0 Å². The third-order valence-corrected chi connectivity index (χ3v) is 6.61. The van der Waals surface area contributed by atoms with Gasteiger partial charge in [-0.05, 0) is 80.6 Å². The molecule has 0 unspecified atom stereocenters. The van der Waals surface area contributed by atoms with Crippen LogP contribution in [0.2, 0.25) is 0 Å². The lowest BCUT2D eigenvalue weighted by molar-refractivity contribution is -0.0498. The molecular weight excluding hydrogens is 296 g/mol. The molecule has 0 aliphatic heterocycles. The van der Waals surface area contributed by atoms with Crippen LogP contribution in [0.4, 0.5) is 4.79 Å². The topological polar surface area (TPSA) is 41.1 Å². The largest absolute Gasteiger partial charge is 0.338 e. The summed E-state index contributed by atoms with van der Waals surface area (Å²) < 4.78 is 0. The minimum Gasteiger partial charge on any atom is -0.338 e. The number of aryl methyl sites for hydroxylation is 1. The number of urea groups is 1. The molecule has 3 heteroatoms. The van der Waals surface area contributed by atoms with Gasteiger partial charge < -0.3 is 10.6 Å². The summed E-state index contributed by atoms with van der Waals surface area (Å²) in [5, 5.41) is 6.21. The second-order valence-electron chi connectivity index (χ2n) is 8.76. The Balaban J connectivity index is 1.22. The highest BCUT2D eigenvalue weighted by atomic mass is 16.2. The van der Waals surface area contributed by atoms with Gasteiger partial charge in [0.05, 0.1) is 0 Å². The number of hydrogen-bond acceptors (Lipinski definition) is 1. The van der Waals surface area contributed by atoms with Crippen LogP contribution in [0.25, 0.3) is 0 Å². The molecule has 4 bridgehead atoms. The van der Waals surface area contributed by atoms with E-state index >= 15 is 0 Å². The fourth-order valence-corrected chi connectivity index (χ4v) is 5.91. The van der Waals surface area contributed by atoms with Gasteiger partial charge in [0.15, 0.2) is 0 Å². The fraction of sp³-hybridized carbons (Fsp3) is 0.667. The maximum atomic E-state index is 12.2. The van der Waals surface area contributed by atoms with Gasteiger partial charge in [0.2, 0.25) is 0 Å². The van der Waals surface area contributed by atoms with Crippen molar-refractivity contribution in [1.29, 1.82) is 0 Å². The average molecular weight is 326 g/mol. The molecule has 0 atom stereocenters. The minimum absolute atomic E-state index is 0.0119. The first-order valence-electron chi connectivity index (χ1n) is 9.67. The molecule has 4 saturated carbocycles. The van der Waals surface area contributed by atoms with Crippen molar-refractivity contribution in [3.8, 4) is 0 Å². The van der Waals surface area contributed by atoms with Crippen molar-refractivity contribution >= 4 is 6.03 Å². The van der Waals surface area contributed by atoms with Gasteiger partial charge in [0.1, 0.15) is 0 Å². The molecule has 4 aliphatic carbocycles. The molecule has 2 amide bonds. The van der Waals surface area contributed by atoms with Crippen molar-refractivity contribution in [3.05, 3.63) is 35.4 Å². The number of hydrogen-bond donors (Lipinski definition) is 2. The van der Waals surface area contributed by atoms with E-state index in [4.69, 9.17) is 0 Å². The smallest absolute Gasteiger partial charge is 0.314 e. The van der Waals surface area contributed by atoms with Crippen LogP contribution in [-0.4, -0.2) is 19.1 Å². The quantitative estimate of drug-likeness (QED) is 0.842. The van der Waals surface area contributed by atoms with E-state index < -0.39 is 0 Å². The Bertz CT molecular complexity index is 557. The van der Waals surface area contributed by atoms with E-state index in [0.29, 0.717) is 12.0 Å². The van der Waals surface area contributed by atoms with E-state index in [1.165, 1.54) is 49.7 Å². The lowest BCUT2D eigenvalue weighted by Crippen LogP contribution is -2.52. The summed E-state index contributed by atoms with van der Waals surface area (Å²) in [6.07, 6.45) is 9.32. The number of nitrogens with one attached hydrogen (secondary N) is 2. The van der Waals surface area contributed by atoms with E-state index in [1.54, 1.807) is 0 Å². The van der Waals surface area contributed by atoms with Crippen LogP contribution in [0.3, 0.4) is 0 Å². The number of carbonyl (C=O) groups is 1. The van der Waals surface area contributed by atoms with E-state index in [1.807, 2.05) is 0 Å². The maximum Gasteiger partial charge on any atom is 0.314 e. The lowest BCUT2D eigenvalue weighted by Gasteiger charge is -2.56. The summed E-state index contributed by atoms with van der Waals surface area (Å²) in [4.78, 5) is 12.2. The van der Waals surface area contributed by atoms with Crippen molar-refractivity contribution in [2.75, 3.05) is 13.1 Å². The van der Waals surface area contributed by atoms with Crippen molar-refractivity contribution in [2.24, 2.45) is 23.2 Å². The number of rotatable bonds is 5. The Kier molecular flexibility index (Phi) is 4.28. The number of amides is 2. The van der Waals surface area contributed by atoms with Crippen molar-refractivity contribution in [2.45, 2.75) is 51.9 Å². The van der Waals surface area contributed by atoms with Crippen molar-refractivity contribution in [3.63, 3.8) is 0 Å². The summed E-state index contributed by atoms with van der Waals surface area (Å²) >= 11 is 0. The van der Waals surface area contributed by atoms with Crippen LogP contribution in [0.5, 0.6) is 0 Å². The first-order chi connectivity index (χ1) is 11.6. The second kappa shape index (κ2) is 6.42. The van der Waals surface area contributed by atoms with Crippen LogP contribution < -0.4 is 10.6 Å². The zero-order valence-corrected chi connectivity index (χ0v) is 14.8. The molecule has 2 N–H and O–H groups in total. The molecule has 24 heavy (non-hydrogen) atoms. The first kappa shape index (κ1) is 16.0. The van der Waals surface area contributed by atoms with E-state index in [-0.39, 0.29) is 6.03 Å². The molecule has 0 heterocycles. The average Bonchev–Trinajstić information content (AvgIpc) is 2.54. The molecule has 0 saturated heterocycles. The van der Waals surface area contributed by atoms with Gasteiger partial charge in [0.25, 0.3) is 0 Å². The Hall–Kier alpha value is -1.51. The summed E-state index contributed by atoms with van der Waals surface area (Å²) in [6, 6.07) is 8.55. The predicted octanol–water partition coefficient (Wildman–Crippen LogP) is 4.05. The molecule has 3 nitrogen and oxygen atoms in total. The third kappa shape index (κ3) is 3.45. The van der Waals surface area contributed by atoms with E-state index in [0.717, 1.165) is 30.7 Å². The molecule has 130 valence electrons. The molecule has 4 fully saturated rings. The molecule has 0 radical (unpaired) electrons. The van der Waals surface area contributed by atoms with Crippen LogP contribution in [0, 0.1) is 30.1 Å². The Morgan fingerprint density at radius 3 is 2.17 bits per heavy atom. The van der Waals surface area contributed by atoms with Crippen molar-refractivity contribution < 1.29 is 4.79 Å². The molecule has 0 aromatic heterocycles.